The van der Waals surface area contributed by atoms with E-state index < -0.39 is 53.3 Å². The van der Waals surface area contributed by atoms with Crippen LogP contribution < -0.4 is 16.0 Å². The van der Waals surface area contributed by atoms with Crippen molar-refractivity contribution in [2.75, 3.05) is 25.4 Å². The number of rotatable bonds is 7. The molecular weight excluding hydrogens is 494 g/mol. The molecule has 4 rings (SSSR count). The molecule has 0 bridgehead atoms. The van der Waals surface area contributed by atoms with E-state index in [0.717, 1.165) is 9.80 Å². The number of thioether (sulfide) groups is 1. The van der Waals surface area contributed by atoms with Gasteiger partial charge in [-0.25, -0.2) is 19.3 Å². The standard InChI is InChI=1S/C22H23N5O8S/c1-11(28)35-9-13-10-36-19-15(18(30)27(19)16(13)20(31)32)24-17(29)14(12-5-3-2-4-6-12)25-22(34)26-8-7-23-21(26)33/h2-6,14-15,19H,7-10H2,1H3,(H,23,33)(H,24,29)(H,25,34)(H,31,32)/t14?,15?,19-/m0/s1. The number of nitrogens with one attached hydrogen (secondary N) is 3. The molecule has 3 heterocycles. The third-order valence-electron chi connectivity index (χ3n) is 5.76. The maximum atomic E-state index is 13.2. The summed E-state index contributed by atoms with van der Waals surface area (Å²) in [4.78, 5) is 75.7. The first kappa shape index (κ1) is 25.0. The molecule has 2 unspecified atom stereocenters. The summed E-state index contributed by atoms with van der Waals surface area (Å²) >= 11 is 1.22. The summed E-state index contributed by atoms with van der Waals surface area (Å²) in [6.45, 7) is 1.36. The largest absolute Gasteiger partial charge is 0.477 e. The molecule has 13 nitrogen and oxygen atoms in total. The number of ether oxygens (including phenoxy) is 1. The number of carboxylic acids is 1. The number of imide groups is 1. The molecule has 3 aliphatic heterocycles. The maximum Gasteiger partial charge on any atom is 0.352 e. The zero-order valence-corrected chi connectivity index (χ0v) is 19.9. The van der Waals surface area contributed by atoms with Gasteiger partial charge in [0, 0.05) is 31.3 Å². The van der Waals surface area contributed by atoms with Crippen LogP contribution in [-0.2, 0) is 23.9 Å². The second-order valence-electron chi connectivity index (χ2n) is 8.11. The molecule has 6 amide bonds. The van der Waals surface area contributed by atoms with Crippen molar-refractivity contribution in [3.05, 3.63) is 47.2 Å². The third kappa shape index (κ3) is 4.84. The Morgan fingerprint density at radius 3 is 2.56 bits per heavy atom. The Morgan fingerprint density at radius 2 is 1.94 bits per heavy atom. The van der Waals surface area contributed by atoms with Gasteiger partial charge >= 0.3 is 24.0 Å². The number of hydrogen-bond acceptors (Lipinski definition) is 8. The molecule has 3 aliphatic rings. The van der Waals surface area contributed by atoms with E-state index in [0.29, 0.717) is 12.1 Å². The number of hydrogen-bond donors (Lipinski definition) is 4. The van der Waals surface area contributed by atoms with Crippen molar-refractivity contribution >= 4 is 47.6 Å². The molecule has 0 saturated carbocycles. The fourth-order valence-electron chi connectivity index (χ4n) is 4.03. The summed E-state index contributed by atoms with van der Waals surface area (Å²) in [5.41, 5.74) is 0.427. The van der Waals surface area contributed by atoms with Gasteiger partial charge in [0.2, 0.25) is 5.91 Å². The van der Waals surface area contributed by atoms with E-state index in [1.165, 1.54) is 18.7 Å². The maximum absolute atomic E-state index is 13.2. The molecule has 0 aliphatic carbocycles. The lowest BCUT2D eigenvalue weighted by atomic mass is 10.0. The summed E-state index contributed by atoms with van der Waals surface area (Å²) in [5, 5.41) is 16.6. The zero-order chi connectivity index (χ0) is 26.0. The highest BCUT2D eigenvalue weighted by molar-refractivity contribution is 8.00. The fourth-order valence-corrected chi connectivity index (χ4v) is 5.36. The van der Waals surface area contributed by atoms with Crippen molar-refractivity contribution in [3.63, 3.8) is 0 Å². The molecular formula is C22H23N5O8S. The van der Waals surface area contributed by atoms with Crippen LogP contribution in [0, 0.1) is 0 Å². The van der Waals surface area contributed by atoms with E-state index >= 15 is 0 Å². The van der Waals surface area contributed by atoms with Gasteiger partial charge in [-0.05, 0) is 5.56 Å². The van der Waals surface area contributed by atoms with Gasteiger partial charge in [-0.1, -0.05) is 30.3 Å². The SMILES string of the molecule is CC(=O)OCC1=C(C(=O)O)N2C(=O)C(NC(=O)C(NC(=O)N3CCNC3=O)c3ccccc3)[C@@H]2SC1. The lowest BCUT2D eigenvalue weighted by Crippen LogP contribution is -2.71. The smallest absolute Gasteiger partial charge is 0.352 e. The molecule has 14 heteroatoms. The van der Waals surface area contributed by atoms with Crippen LogP contribution in [0.4, 0.5) is 9.59 Å². The minimum Gasteiger partial charge on any atom is -0.477 e. The van der Waals surface area contributed by atoms with Crippen molar-refractivity contribution in [1.29, 1.82) is 0 Å². The Balaban J connectivity index is 1.50. The Labute approximate surface area is 209 Å². The van der Waals surface area contributed by atoms with Crippen molar-refractivity contribution in [3.8, 4) is 0 Å². The average molecular weight is 518 g/mol. The van der Waals surface area contributed by atoms with E-state index in [-0.39, 0.29) is 30.2 Å². The molecule has 0 aromatic heterocycles. The van der Waals surface area contributed by atoms with Gasteiger partial charge in [0.1, 0.15) is 29.8 Å². The van der Waals surface area contributed by atoms with E-state index in [1.807, 2.05) is 0 Å². The number of amides is 6. The van der Waals surface area contributed by atoms with Crippen molar-refractivity contribution < 1.29 is 38.6 Å². The second-order valence-corrected chi connectivity index (χ2v) is 9.22. The second kappa shape index (κ2) is 10.3. The van der Waals surface area contributed by atoms with Crippen LogP contribution >= 0.6 is 11.8 Å². The van der Waals surface area contributed by atoms with E-state index in [2.05, 4.69) is 16.0 Å². The van der Waals surface area contributed by atoms with Gasteiger partial charge in [0.25, 0.3) is 5.91 Å². The monoisotopic (exact) mass is 517 g/mol. The van der Waals surface area contributed by atoms with Crippen LogP contribution in [0.2, 0.25) is 0 Å². The van der Waals surface area contributed by atoms with Crippen LogP contribution in [0.1, 0.15) is 18.5 Å². The molecule has 4 N–H and O–H groups in total. The number of carboxylic acid groups (broad SMARTS) is 1. The Morgan fingerprint density at radius 1 is 1.22 bits per heavy atom. The van der Waals surface area contributed by atoms with E-state index in [1.54, 1.807) is 30.3 Å². The molecule has 0 radical (unpaired) electrons. The van der Waals surface area contributed by atoms with Crippen LogP contribution in [-0.4, -0.2) is 87.6 Å². The number of nitrogens with zero attached hydrogens (tertiary/aromatic N) is 2. The van der Waals surface area contributed by atoms with Crippen molar-refractivity contribution in [2.45, 2.75) is 24.4 Å². The highest BCUT2D eigenvalue weighted by Crippen LogP contribution is 2.40. The summed E-state index contributed by atoms with van der Waals surface area (Å²) in [5.74, 6) is -3.09. The molecule has 3 atom stereocenters. The first-order chi connectivity index (χ1) is 17.2. The summed E-state index contributed by atoms with van der Waals surface area (Å²) in [6, 6.07) is 4.71. The lowest BCUT2D eigenvalue weighted by Gasteiger charge is -2.49. The third-order valence-corrected chi connectivity index (χ3v) is 7.10. The summed E-state index contributed by atoms with van der Waals surface area (Å²) in [7, 11) is 0. The highest BCUT2D eigenvalue weighted by atomic mass is 32.2. The predicted octanol–water partition coefficient (Wildman–Crippen LogP) is -0.236. The van der Waals surface area contributed by atoms with Gasteiger partial charge in [-0.15, -0.1) is 11.8 Å². The zero-order valence-electron chi connectivity index (χ0n) is 19.1. The normalized spacial score (nSPS) is 21.7. The number of carbonyl (C=O) groups is 6. The van der Waals surface area contributed by atoms with Gasteiger partial charge in [0.15, 0.2) is 0 Å². The van der Waals surface area contributed by atoms with Crippen LogP contribution in [0.3, 0.4) is 0 Å². The van der Waals surface area contributed by atoms with Crippen molar-refractivity contribution in [2.24, 2.45) is 0 Å². The van der Waals surface area contributed by atoms with Crippen LogP contribution in [0.25, 0.3) is 0 Å². The Kier molecular flexibility index (Phi) is 7.15. The van der Waals surface area contributed by atoms with Gasteiger partial charge in [0.05, 0.1) is 0 Å². The van der Waals surface area contributed by atoms with Gasteiger partial charge < -0.3 is 25.8 Å². The van der Waals surface area contributed by atoms with E-state index in [4.69, 9.17) is 4.74 Å². The number of esters is 1. The number of urea groups is 2. The van der Waals surface area contributed by atoms with Gasteiger partial charge in [-0.3, -0.25) is 19.3 Å². The fraction of sp³-hybridized carbons (Fsp3) is 0.364. The summed E-state index contributed by atoms with van der Waals surface area (Å²) in [6.07, 6.45) is 0. The molecule has 190 valence electrons. The molecule has 2 fully saturated rings. The summed E-state index contributed by atoms with van der Waals surface area (Å²) < 4.78 is 4.91. The molecule has 0 spiro atoms. The first-order valence-electron chi connectivity index (χ1n) is 10.9. The lowest BCUT2D eigenvalue weighted by molar-refractivity contribution is -0.151. The minimum absolute atomic E-state index is 0.141. The average Bonchev–Trinajstić information content (AvgIpc) is 3.29. The van der Waals surface area contributed by atoms with Crippen LogP contribution in [0.15, 0.2) is 41.6 Å². The minimum atomic E-state index is -1.35. The molecule has 2 saturated heterocycles. The first-order valence-corrected chi connectivity index (χ1v) is 12.0. The predicted molar refractivity (Wildman–Crippen MR) is 124 cm³/mol. The number of β-lactam (4-membered cyclic amide) rings is 1. The Hall–Kier alpha value is -4.07. The topological polar surface area (TPSA) is 174 Å². The Bertz CT molecular complexity index is 1160. The number of fused-ring (bicyclic) bond motifs is 1. The quantitative estimate of drug-likeness (QED) is 0.281. The molecule has 1 aromatic carbocycles. The number of aliphatic carboxylic acids is 1. The van der Waals surface area contributed by atoms with Gasteiger partial charge in [-0.2, -0.15) is 0 Å². The number of carbonyl (C=O) groups excluding carboxylic acids is 5. The van der Waals surface area contributed by atoms with Crippen LogP contribution in [0.5, 0.6) is 0 Å². The molecule has 1 aromatic rings. The molecule has 36 heavy (non-hydrogen) atoms. The highest BCUT2D eigenvalue weighted by Gasteiger charge is 2.54. The van der Waals surface area contributed by atoms with E-state index in [9.17, 15) is 33.9 Å². The number of benzene rings is 1. The van der Waals surface area contributed by atoms with Crippen molar-refractivity contribution in [1.82, 2.24) is 25.8 Å².